The summed E-state index contributed by atoms with van der Waals surface area (Å²) in [5, 5.41) is 10.9. The van der Waals surface area contributed by atoms with Gasteiger partial charge in [0, 0.05) is 19.5 Å². The molecule has 56 valence electrons. The van der Waals surface area contributed by atoms with E-state index in [2.05, 4.69) is 15.5 Å². The lowest BCUT2D eigenvalue weighted by atomic mass is 10.2. The van der Waals surface area contributed by atoms with E-state index in [9.17, 15) is 0 Å². The highest BCUT2D eigenvalue weighted by Gasteiger charge is 2.03. The van der Waals surface area contributed by atoms with E-state index in [1.54, 1.807) is 11.7 Å². The quantitative estimate of drug-likeness (QED) is 0.579. The van der Waals surface area contributed by atoms with Crippen molar-refractivity contribution in [1.29, 1.82) is 0 Å². The van der Waals surface area contributed by atoms with E-state index >= 15 is 0 Å². The molecule has 1 unspecified atom stereocenters. The zero-order valence-corrected chi connectivity index (χ0v) is 6.15. The summed E-state index contributed by atoms with van der Waals surface area (Å²) in [6.07, 6.45) is 0.726. The van der Waals surface area contributed by atoms with Crippen molar-refractivity contribution in [2.24, 2.45) is 12.8 Å². The molecule has 1 aromatic rings. The number of tetrazole rings is 1. The molecule has 0 aliphatic rings. The molecular weight excluding hydrogens is 130 g/mol. The molecule has 0 aliphatic heterocycles. The minimum absolute atomic E-state index is 0.115. The third-order valence-electron chi connectivity index (χ3n) is 1.21. The molecule has 5 heteroatoms. The minimum atomic E-state index is 0.115. The van der Waals surface area contributed by atoms with Crippen LogP contribution in [-0.4, -0.2) is 26.2 Å². The van der Waals surface area contributed by atoms with E-state index in [0.717, 1.165) is 12.2 Å². The van der Waals surface area contributed by atoms with E-state index in [0.29, 0.717) is 0 Å². The van der Waals surface area contributed by atoms with Gasteiger partial charge in [-0.2, -0.15) is 0 Å². The number of aryl methyl sites for hydroxylation is 1. The molecule has 0 amide bonds. The lowest BCUT2D eigenvalue weighted by molar-refractivity contribution is 0.633. The first-order chi connectivity index (χ1) is 4.70. The average Bonchev–Trinajstić information content (AvgIpc) is 2.15. The smallest absolute Gasteiger partial charge is 0.152 e. The van der Waals surface area contributed by atoms with Gasteiger partial charge < -0.3 is 5.73 Å². The molecule has 0 saturated carbocycles. The summed E-state index contributed by atoms with van der Waals surface area (Å²) in [7, 11) is 1.80. The standard InChI is InChI=1S/C5H11N5/c1-4(6)3-5-7-8-9-10(5)2/h4H,3,6H2,1-2H3. The van der Waals surface area contributed by atoms with E-state index in [1.807, 2.05) is 6.92 Å². The Hall–Kier alpha value is -0.970. The summed E-state index contributed by atoms with van der Waals surface area (Å²) in [4.78, 5) is 0. The summed E-state index contributed by atoms with van der Waals surface area (Å²) >= 11 is 0. The van der Waals surface area contributed by atoms with Crippen molar-refractivity contribution in [2.75, 3.05) is 0 Å². The van der Waals surface area contributed by atoms with Crippen molar-refractivity contribution in [1.82, 2.24) is 20.2 Å². The Bertz CT molecular complexity index is 204. The van der Waals surface area contributed by atoms with Gasteiger partial charge in [0.1, 0.15) is 0 Å². The first-order valence-electron chi connectivity index (χ1n) is 3.17. The van der Waals surface area contributed by atoms with Crippen LogP contribution in [0.2, 0.25) is 0 Å². The van der Waals surface area contributed by atoms with E-state index < -0.39 is 0 Å². The summed E-state index contributed by atoms with van der Waals surface area (Å²) in [5.74, 6) is 0.829. The summed E-state index contributed by atoms with van der Waals surface area (Å²) in [6, 6.07) is 0.115. The highest BCUT2D eigenvalue weighted by Crippen LogP contribution is 1.92. The van der Waals surface area contributed by atoms with Crippen LogP contribution in [0.15, 0.2) is 0 Å². The van der Waals surface area contributed by atoms with Crippen molar-refractivity contribution in [3.05, 3.63) is 5.82 Å². The second kappa shape index (κ2) is 2.74. The van der Waals surface area contributed by atoms with Gasteiger partial charge in [0.15, 0.2) is 5.82 Å². The van der Waals surface area contributed by atoms with Gasteiger partial charge in [0.25, 0.3) is 0 Å². The van der Waals surface area contributed by atoms with Crippen molar-refractivity contribution < 1.29 is 0 Å². The number of hydrogen-bond donors (Lipinski definition) is 1. The maximum atomic E-state index is 5.54. The number of nitrogens with two attached hydrogens (primary N) is 1. The van der Waals surface area contributed by atoms with Gasteiger partial charge in [-0.3, -0.25) is 0 Å². The maximum Gasteiger partial charge on any atom is 0.152 e. The zero-order valence-electron chi connectivity index (χ0n) is 6.15. The van der Waals surface area contributed by atoms with Gasteiger partial charge >= 0.3 is 0 Å². The Morgan fingerprint density at radius 1 is 1.70 bits per heavy atom. The molecule has 0 spiro atoms. The number of aromatic nitrogens is 4. The Labute approximate surface area is 59.2 Å². The predicted octanol–water partition coefficient (Wildman–Crippen LogP) is -0.900. The lowest BCUT2D eigenvalue weighted by Crippen LogP contribution is -2.20. The van der Waals surface area contributed by atoms with E-state index in [1.165, 1.54) is 0 Å². The van der Waals surface area contributed by atoms with Gasteiger partial charge in [-0.25, -0.2) is 4.68 Å². The maximum absolute atomic E-state index is 5.54. The van der Waals surface area contributed by atoms with Crippen molar-refractivity contribution in [2.45, 2.75) is 19.4 Å². The molecule has 5 nitrogen and oxygen atoms in total. The molecule has 0 radical (unpaired) electrons. The molecule has 0 aromatic carbocycles. The topological polar surface area (TPSA) is 69.6 Å². The third kappa shape index (κ3) is 1.51. The van der Waals surface area contributed by atoms with Gasteiger partial charge in [0.2, 0.25) is 0 Å². The van der Waals surface area contributed by atoms with Crippen molar-refractivity contribution >= 4 is 0 Å². The Morgan fingerprint density at radius 3 is 2.80 bits per heavy atom. The molecule has 10 heavy (non-hydrogen) atoms. The van der Waals surface area contributed by atoms with Crippen molar-refractivity contribution in [3.63, 3.8) is 0 Å². The average molecular weight is 141 g/mol. The molecule has 1 atom stereocenters. The largest absolute Gasteiger partial charge is 0.328 e. The summed E-state index contributed by atoms with van der Waals surface area (Å²) in [6.45, 7) is 1.93. The Kier molecular flexibility index (Phi) is 1.96. The van der Waals surface area contributed by atoms with Crippen LogP contribution < -0.4 is 5.73 Å². The molecule has 1 aromatic heterocycles. The zero-order chi connectivity index (χ0) is 7.56. The second-order valence-electron chi connectivity index (χ2n) is 2.40. The van der Waals surface area contributed by atoms with E-state index in [-0.39, 0.29) is 6.04 Å². The highest BCUT2D eigenvalue weighted by molar-refractivity contribution is 4.82. The van der Waals surface area contributed by atoms with Crippen LogP contribution in [0.4, 0.5) is 0 Å². The Morgan fingerprint density at radius 2 is 2.40 bits per heavy atom. The normalized spacial score (nSPS) is 13.5. The van der Waals surface area contributed by atoms with Crippen molar-refractivity contribution in [3.8, 4) is 0 Å². The minimum Gasteiger partial charge on any atom is -0.328 e. The van der Waals surface area contributed by atoms with Crippen LogP contribution in [0, 0.1) is 0 Å². The molecular formula is C5H11N5. The fraction of sp³-hybridized carbons (Fsp3) is 0.800. The van der Waals surface area contributed by atoms with Crippen LogP contribution in [0.5, 0.6) is 0 Å². The third-order valence-corrected chi connectivity index (χ3v) is 1.21. The molecule has 0 aliphatic carbocycles. The van der Waals surface area contributed by atoms with E-state index in [4.69, 9.17) is 5.73 Å². The first-order valence-corrected chi connectivity index (χ1v) is 3.17. The predicted molar refractivity (Wildman–Crippen MR) is 36.2 cm³/mol. The lowest BCUT2D eigenvalue weighted by Gasteiger charge is -2.00. The first kappa shape index (κ1) is 7.14. The molecule has 0 fully saturated rings. The SMILES string of the molecule is CC(N)Cc1nnnn1C. The molecule has 0 saturated heterocycles. The monoisotopic (exact) mass is 141 g/mol. The van der Waals surface area contributed by atoms with Gasteiger partial charge in [-0.1, -0.05) is 0 Å². The molecule has 1 heterocycles. The summed E-state index contributed by atoms with van der Waals surface area (Å²) in [5.41, 5.74) is 5.54. The highest BCUT2D eigenvalue weighted by atomic mass is 15.5. The van der Waals surface area contributed by atoms with Crippen LogP contribution >= 0.6 is 0 Å². The second-order valence-corrected chi connectivity index (χ2v) is 2.40. The fourth-order valence-corrected chi connectivity index (χ4v) is 0.709. The number of rotatable bonds is 2. The van der Waals surface area contributed by atoms with Crippen LogP contribution in [0.1, 0.15) is 12.7 Å². The molecule has 1 rings (SSSR count). The number of nitrogens with zero attached hydrogens (tertiary/aromatic N) is 4. The van der Waals surface area contributed by atoms with Gasteiger partial charge in [0.05, 0.1) is 0 Å². The Balaban J connectivity index is 2.65. The molecule has 2 N–H and O–H groups in total. The van der Waals surface area contributed by atoms with Crippen LogP contribution in [-0.2, 0) is 13.5 Å². The molecule has 0 bridgehead atoms. The van der Waals surface area contributed by atoms with Crippen LogP contribution in [0.3, 0.4) is 0 Å². The van der Waals surface area contributed by atoms with Gasteiger partial charge in [-0.15, -0.1) is 5.10 Å². The number of hydrogen-bond acceptors (Lipinski definition) is 4. The fourth-order valence-electron chi connectivity index (χ4n) is 0.709. The summed E-state index contributed by atoms with van der Waals surface area (Å²) < 4.78 is 1.63. The van der Waals surface area contributed by atoms with Gasteiger partial charge in [-0.05, 0) is 17.4 Å². The van der Waals surface area contributed by atoms with Crippen LogP contribution in [0.25, 0.3) is 0 Å².